The highest BCUT2D eigenvalue weighted by molar-refractivity contribution is 14.0. The highest BCUT2D eigenvalue weighted by Crippen LogP contribution is 1.98. The number of carbonyl (C=O) groups is 1. The van der Waals surface area contributed by atoms with Crippen LogP contribution < -0.4 is 10.6 Å². The van der Waals surface area contributed by atoms with Crippen molar-refractivity contribution in [1.82, 2.24) is 15.5 Å². The summed E-state index contributed by atoms with van der Waals surface area (Å²) in [5, 5.41) is 6.52. The molecule has 0 aromatic heterocycles. The first-order valence-electron chi connectivity index (χ1n) is 6.53. The summed E-state index contributed by atoms with van der Waals surface area (Å²) >= 11 is 0. The molecule has 0 saturated heterocycles. The number of nitrogens with one attached hydrogen (secondary N) is 2. The molecule has 0 spiro atoms. The lowest BCUT2D eigenvalue weighted by Crippen LogP contribution is -2.48. The minimum atomic E-state index is -0.0702. The number of halogens is 1. The molecule has 1 amide bonds. The van der Waals surface area contributed by atoms with Gasteiger partial charge in [0.25, 0.3) is 0 Å². The number of hydrogen-bond donors (Lipinski definition) is 2. The van der Waals surface area contributed by atoms with E-state index in [1.165, 1.54) is 0 Å². The number of hydrogen-bond acceptors (Lipinski definition) is 2. The van der Waals surface area contributed by atoms with E-state index in [1.807, 2.05) is 0 Å². The van der Waals surface area contributed by atoms with Crippen molar-refractivity contribution < 1.29 is 4.79 Å². The van der Waals surface area contributed by atoms with Crippen LogP contribution in [0.15, 0.2) is 4.99 Å². The van der Waals surface area contributed by atoms with Crippen LogP contribution in [0.25, 0.3) is 0 Å². The molecule has 6 heteroatoms. The zero-order chi connectivity index (χ0) is 14.2. The van der Waals surface area contributed by atoms with Gasteiger partial charge in [0.1, 0.15) is 6.54 Å². The Bertz CT molecular complexity index is 285. The van der Waals surface area contributed by atoms with E-state index in [-0.39, 0.29) is 42.0 Å². The van der Waals surface area contributed by atoms with Crippen molar-refractivity contribution in [2.75, 3.05) is 27.2 Å². The topological polar surface area (TPSA) is 56.7 Å². The average Bonchev–Trinajstić information content (AvgIpc) is 2.23. The molecule has 0 unspecified atom stereocenters. The molecular weight excluding hydrogens is 355 g/mol. The first kappa shape index (κ1) is 20.8. The lowest BCUT2D eigenvalue weighted by atomic mass is 10.1. The molecule has 114 valence electrons. The molecule has 0 saturated carbocycles. The van der Waals surface area contributed by atoms with Crippen LogP contribution in [-0.4, -0.2) is 49.5 Å². The maximum Gasteiger partial charge on any atom is 0.243 e. The number of likely N-dealkylation sites (N-methyl/N-ethyl adjacent to an activating group) is 1. The van der Waals surface area contributed by atoms with Crippen LogP contribution in [0.1, 0.15) is 40.5 Å². The average molecular weight is 384 g/mol. The van der Waals surface area contributed by atoms with E-state index in [9.17, 15) is 4.79 Å². The van der Waals surface area contributed by atoms with Gasteiger partial charge in [-0.2, -0.15) is 0 Å². The highest BCUT2D eigenvalue weighted by Gasteiger charge is 2.12. The lowest BCUT2D eigenvalue weighted by molar-refractivity contribution is -0.127. The first-order valence-corrected chi connectivity index (χ1v) is 6.53. The van der Waals surface area contributed by atoms with E-state index >= 15 is 0 Å². The summed E-state index contributed by atoms with van der Waals surface area (Å²) in [5.74, 6) is 0.701. The van der Waals surface area contributed by atoms with Gasteiger partial charge in [-0.15, -0.1) is 24.0 Å². The second-order valence-electron chi connectivity index (χ2n) is 5.61. The monoisotopic (exact) mass is 384 g/mol. The zero-order valence-electron chi connectivity index (χ0n) is 13.0. The molecule has 0 aromatic rings. The zero-order valence-corrected chi connectivity index (χ0v) is 15.4. The summed E-state index contributed by atoms with van der Waals surface area (Å²) in [6.45, 7) is 9.39. The van der Waals surface area contributed by atoms with Gasteiger partial charge >= 0.3 is 0 Å². The Morgan fingerprint density at radius 2 is 1.84 bits per heavy atom. The fourth-order valence-corrected chi connectivity index (χ4v) is 1.17. The van der Waals surface area contributed by atoms with Gasteiger partial charge in [0, 0.05) is 26.2 Å². The third-order valence-electron chi connectivity index (χ3n) is 2.19. The smallest absolute Gasteiger partial charge is 0.243 e. The number of amides is 1. The van der Waals surface area contributed by atoms with Crippen molar-refractivity contribution in [2.45, 2.75) is 46.1 Å². The molecule has 0 rings (SSSR count). The van der Waals surface area contributed by atoms with Crippen molar-refractivity contribution in [1.29, 1.82) is 0 Å². The number of unbranched alkanes of at least 4 members (excludes halogenated alkanes) is 1. The number of aliphatic imine (C=N–C) groups is 1. The lowest BCUT2D eigenvalue weighted by Gasteiger charge is -2.24. The SMILES string of the molecule is CCCCNC(=NCC(=O)N(C)C)NC(C)(C)C.I. The normalized spacial score (nSPS) is 11.6. The van der Waals surface area contributed by atoms with E-state index in [0.717, 1.165) is 19.4 Å². The van der Waals surface area contributed by atoms with E-state index in [2.05, 4.69) is 43.3 Å². The minimum absolute atomic E-state index is 0. The van der Waals surface area contributed by atoms with Crippen LogP contribution in [0.5, 0.6) is 0 Å². The largest absolute Gasteiger partial charge is 0.356 e. The quantitative estimate of drug-likeness (QED) is 0.329. The van der Waals surface area contributed by atoms with Gasteiger partial charge < -0.3 is 15.5 Å². The highest BCUT2D eigenvalue weighted by atomic mass is 127. The maximum atomic E-state index is 11.5. The summed E-state index contributed by atoms with van der Waals surface area (Å²) in [6.07, 6.45) is 2.22. The first-order chi connectivity index (χ1) is 8.26. The maximum absolute atomic E-state index is 11.5. The molecule has 0 fully saturated rings. The van der Waals surface area contributed by atoms with Crippen molar-refractivity contribution in [2.24, 2.45) is 4.99 Å². The van der Waals surface area contributed by atoms with Crippen LogP contribution in [0.2, 0.25) is 0 Å². The molecule has 0 aromatic carbocycles. The van der Waals surface area contributed by atoms with E-state index in [1.54, 1.807) is 19.0 Å². The number of rotatable bonds is 5. The molecule has 19 heavy (non-hydrogen) atoms. The molecule has 0 bridgehead atoms. The third kappa shape index (κ3) is 12.3. The predicted octanol–water partition coefficient (Wildman–Crippen LogP) is 1.83. The fraction of sp³-hybridized carbons (Fsp3) is 0.846. The Morgan fingerprint density at radius 3 is 2.26 bits per heavy atom. The van der Waals surface area contributed by atoms with Gasteiger partial charge in [-0.25, -0.2) is 4.99 Å². The Hall–Kier alpha value is -0.530. The summed E-state index contributed by atoms with van der Waals surface area (Å²) in [6, 6.07) is 0. The second kappa shape index (κ2) is 10.3. The number of nitrogens with zero attached hydrogens (tertiary/aromatic N) is 2. The molecule has 2 N–H and O–H groups in total. The Labute approximate surface area is 134 Å². The minimum Gasteiger partial charge on any atom is -0.356 e. The van der Waals surface area contributed by atoms with Crippen molar-refractivity contribution >= 4 is 35.8 Å². The standard InChI is InChI=1S/C13H28N4O.HI/c1-7-8-9-14-12(16-13(2,3)4)15-10-11(18)17(5)6;/h7-10H2,1-6H3,(H2,14,15,16);1H. The Balaban J connectivity index is 0. The molecule has 0 aliphatic heterocycles. The number of guanidine groups is 1. The molecular formula is C13H29IN4O. The van der Waals surface area contributed by atoms with Crippen LogP contribution in [0.3, 0.4) is 0 Å². The van der Waals surface area contributed by atoms with E-state index in [0.29, 0.717) is 5.96 Å². The van der Waals surface area contributed by atoms with Gasteiger partial charge in [0.2, 0.25) is 5.91 Å². The Kier molecular flexibility index (Phi) is 11.2. The van der Waals surface area contributed by atoms with Crippen molar-refractivity contribution in [3.05, 3.63) is 0 Å². The third-order valence-corrected chi connectivity index (χ3v) is 2.19. The van der Waals surface area contributed by atoms with Crippen LogP contribution in [0, 0.1) is 0 Å². The van der Waals surface area contributed by atoms with Gasteiger partial charge in [-0.05, 0) is 27.2 Å². The fourth-order valence-electron chi connectivity index (χ4n) is 1.17. The molecule has 0 aliphatic carbocycles. The summed E-state index contributed by atoms with van der Waals surface area (Å²) in [7, 11) is 3.47. The summed E-state index contributed by atoms with van der Waals surface area (Å²) < 4.78 is 0. The molecule has 0 heterocycles. The van der Waals surface area contributed by atoms with Gasteiger partial charge in [-0.1, -0.05) is 13.3 Å². The summed E-state index contributed by atoms with van der Waals surface area (Å²) in [4.78, 5) is 17.4. The number of carbonyl (C=O) groups excluding carboxylic acids is 1. The molecule has 0 aliphatic rings. The molecule has 0 atom stereocenters. The second-order valence-corrected chi connectivity index (χ2v) is 5.61. The van der Waals surface area contributed by atoms with Gasteiger partial charge in [0.05, 0.1) is 0 Å². The molecule has 0 radical (unpaired) electrons. The van der Waals surface area contributed by atoms with E-state index in [4.69, 9.17) is 0 Å². The molecule has 5 nitrogen and oxygen atoms in total. The Morgan fingerprint density at radius 1 is 1.26 bits per heavy atom. The van der Waals surface area contributed by atoms with Gasteiger partial charge in [0.15, 0.2) is 5.96 Å². The van der Waals surface area contributed by atoms with Crippen LogP contribution >= 0.6 is 24.0 Å². The van der Waals surface area contributed by atoms with Crippen molar-refractivity contribution in [3.8, 4) is 0 Å². The van der Waals surface area contributed by atoms with Crippen LogP contribution in [0.4, 0.5) is 0 Å². The van der Waals surface area contributed by atoms with Gasteiger partial charge in [-0.3, -0.25) is 4.79 Å². The van der Waals surface area contributed by atoms with Crippen LogP contribution in [-0.2, 0) is 4.79 Å². The van der Waals surface area contributed by atoms with E-state index < -0.39 is 0 Å². The predicted molar refractivity (Wildman–Crippen MR) is 92.2 cm³/mol. The summed E-state index contributed by atoms with van der Waals surface area (Å²) in [5.41, 5.74) is -0.0702. The van der Waals surface area contributed by atoms with Crippen molar-refractivity contribution in [3.63, 3.8) is 0 Å².